The van der Waals surface area contributed by atoms with Crippen LogP contribution in [0.15, 0.2) is 22.7 Å². The van der Waals surface area contributed by atoms with Crippen molar-refractivity contribution in [3.05, 3.63) is 33.3 Å². The smallest absolute Gasteiger partial charge is 0.0482 e. The molecule has 0 aliphatic rings. The van der Waals surface area contributed by atoms with Gasteiger partial charge in [-0.3, -0.25) is 4.90 Å². The Morgan fingerprint density at radius 2 is 2.06 bits per heavy atom. The number of benzene rings is 1. The van der Waals surface area contributed by atoms with E-state index < -0.39 is 0 Å². The van der Waals surface area contributed by atoms with Crippen LogP contribution in [0.25, 0.3) is 0 Å². The van der Waals surface area contributed by atoms with E-state index in [-0.39, 0.29) is 6.04 Å². The summed E-state index contributed by atoms with van der Waals surface area (Å²) in [5.41, 5.74) is 7.01. The fourth-order valence-electron chi connectivity index (χ4n) is 1.93. The van der Waals surface area contributed by atoms with E-state index >= 15 is 0 Å². The highest BCUT2D eigenvalue weighted by Gasteiger charge is 2.18. The first-order chi connectivity index (χ1) is 8.45. The van der Waals surface area contributed by atoms with Gasteiger partial charge in [-0.05, 0) is 43.6 Å². The summed E-state index contributed by atoms with van der Waals surface area (Å²) in [5.74, 6) is 0.700. The number of nitrogens with zero attached hydrogens (tertiary/aromatic N) is 1. The van der Waals surface area contributed by atoms with E-state index in [1.807, 2.05) is 12.1 Å². The van der Waals surface area contributed by atoms with E-state index in [2.05, 4.69) is 47.8 Å². The third-order valence-electron chi connectivity index (χ3n) is 3.14. The molecule has 2 N–H and O–H groups in total. The van der Waals surface area contributed by atoms with Crippen molar-refractivity contribution >= 4 is 27.5 Å². The van der Waals surface area contributed by atoms with Crippen molar-refractivity contribution in [3.63, 3.8) is 0 Å². The number of rotatable bonds is 6. The van der Waals surface area contributed by atoms with Gasteiger partial charge in [-0.25, -0.2) is 0 Å². The molecule has 0 aliphatic carbocycles. The van der Waals surface area contributed by atoms with E-state index in [1.54, 1.807) is 0 Å². The van der Waals surface area contributed by atoms with E-state index in [1.165, 1.54) is 6.42 Å². The van der Waals surface area contributed by atoms with Crippen molar-refractivity contribution in [2.75, 3.05) is 20.1 Å². The second-order valence-electron chi connectivity index (χ2n) is 5.08. The average molecular weight is 334 g/mol. The fourth-order valence-corrected chi connectivity index (χ4v) is 2.73. The molecule has 102 valence electrons. The summed E-state index contributed by atoms with van der Waals surface area (Å²) in [6, 6.07) is 6.18. The molecule has 0 fully saturated rings. The van der Waals surface area contributed by atoms with Crippen LogP contribution in [0.3, 0.4) is 0 Å². The van der Waals surface area contributed by atoms with Crippen molar-refractivity contribution < 1.29 is 0 Å². The molecule has 2 nitrogen and oxygen atoms in total. The molecule has 0 spiro atoms. The third-order valence-corrected chi connectivity index (χ3v) is 3.96. The molecular weight excluding hydrogens is 312 g/mol. The van der Waals surface area contributed by atoms with Crippen LogP contribution in [0.4, 0.5) is 0 Å². The largest absolute Gasteiger partial charge is 0.329 e. The first kappa shape index (κ1) is 16.0. The molecule has 1 aromatic carbocycles. The standard InChI is InChI=1S/C14H22BrClN2/c1-10(2)6-7-18(3)14(9-17)12-5-4-11(15)8-13(12)16/h4-5,8,10,14H,6-7,9,17H2,1-3H3. The van der Waals surface area contributed by atoms with Crippen LogP contribution < -0.4 is 5.73 Å². The van der Waals surface area contributed by atoms with E-state index in [4.69, 9.17) is 17.3 Å². The molecule has 4 heteroatoms. The Balaban J connectivity index is 2.81. The lowest BCUT2D eigenvalue weighted by Gasteiger charge is -2.28. The molecule has 0 aliphatic heterocycles. The highest BCUT2D eigenvalue weighted by atomic mass is 79.9. The maximum Gasteiger partial charge on any atom is 0.0482 e. The molecule has 0 saturated carbocycles. The number of hydrogen-bond donors (Lipinski definition) is 1. The van der Waals surface area contributed by atoms with Gasteiger partial charge in [0.05, 0.1) is 0 Å². The summed E-state index contributed by atoms with van der Waals surface area (Å²) in [7, 11) is 2.11. The van der Waals surface area contributed by atoms with Crippen LogP contribution in [0.1, 0.15) is 31.9 Å². The monoisotopic (exact) mass is 332 g/mol. The lowest BCUT2D eigenvalue weighted by molar-refractivity contribution is 0.236. The summed E-state index contributed by atoms with van der Waals surface area (Å²) in [5, 5.41) is 0.774. The molecule has 1 unspecified atom stereocenters. The Hall–Kier alpha value is -0.0900. The Bertz CT molecular complexity index is 382. The molecule has 0 amide bonds. The second kappa shape index (κ2) is 7.49. The van der Waals surface area contributed by atoms with Gasteiger partial charge in [0.2, 0.25) is 0 Å². The van der Waals surface area contributed by atoms with Crippen LogP contribution in [-0.4, -0.2) is 25.0 Å². The zero-order valence-electron chi connectivity index (χ0n) is 11.3. The molecule has 0 bridgehead atoms. The summed E-state index contributed by atoms with van der Waals surface area (Å²) >= 11 is 9.72. The molecule has 1 aromatic rings. The minimum absolute atomic E-state index is 0.185. The lowest BCUT2D eigenvalue weighted by atomic mass is 10.0. The van der Waals surface area contributed by atoms with Gasteiger partial charge in [0.1, 0.15) is 0 Å². The van der Waals surface area contributed by atoms with E-state index in [0.29, 0.717) is 12.5 Å². The van der Waals surface area contributed by atoms with Gasteiger partial charge < -0.3 is 5.73 Å². The molecule has 0 aromatic heterocycles. The highest BCUT2D eigenvalue weighted by molar-refractivity contribution is 9.10. The first-order valence-electron chi connectivity index (χ1n) is 6.31. The third kappa shape index (κ3) is 4.54. The highest BCUT2D eigenvalue weighted by Crippen LogP contribution is 2.29. The topological polar surface area (TPSA) is 29.3 Å². The summed E-state index contributed by atoms with van der Waals surface area (Å²) in [4.78, 5) is 2.29. The lowest BCUT2D eigenvalue weighted by Crippen LogP contribution is -2.32. The molecule has 0 heterocycles. The van der Waals surface area contributed by atoms with Gasteiger partial charge in [0.25, 0.3) is 0 Å². The predicted molar refractivity (Wildman–Crippen MR) is 83.0 cm³/mol. The average Bonchev–Trinajstić information content (AvgIpc) is 2.30. The molecule has 1 rings (SSSR count). The number of hydrogen-bond acceptors (Lipinski definition) is 2. The van der Waals surface area contributed by atoms with Gasteiger partial charge in [-0.2, -0.15) is 0 Å². The SMILES string of the molecule is CC(C)CCN(C)C(CN)c1ccc(Br)cc1Cl. The van der Waals surface area contributed by atoms with Gasteiger partial charge in [0, 0.05) is 22.1 Å². The summed E-state index contributed by atoms with van der Waals surface area (Å²) in [6.45, 7) is 6.08. The van der Waals surface area contributed by atoms with Gasteiger partial charge in [0.15, 0.2) is 0 Å². The van der Waals surface area contributed by atoms with Crippen molar-refractivity contribution in [2.24, 2.45) is 11.7 Å². The maximum absolute atomic E-state index is 6.30. The zero-order valence-corrected chi connectivity index (χ0v) is 13.6. The normalized spacial score (nSPS) is 13.3. The minimum atomic E-state index is 0.185. The van der Waals surface area contributed by atoms with Crippen molar-refractivity contribution in [1.82, 2.24) is 4.90 Å². The summed E-state index contributed by atoms with van der Waals surface area (Å²) < 4.78 is 0.997. The molecule has 0 saturated heterocycles. The zero-order chi connectivity index (χ0) is 13.7. The van der Waals surface area contributed by atoms with Crippen LogP contribution in [0.5, 0.6) is 0 Å². The quantitative estimate of drug-likeness (QED) is 0.850. The Morgan fingerprint density at radius 3 is 2.56 bits per heavy atom. The Morgan fingerprint density at radius 1 is 1.39 bits per heavy atom. The molecule has 1 atom stereocenters. The van der Waals surface area contributed by atoms with Gasteiger partial charge in [-0.1, -0.05) is 47.4 Å². The minimum Gasteiger partial charge on any atom is -0.329 e. The van der Waals surface area contributed by atoms with E-state index in [9.17, 15) is 0 Å². The van der Waals surface area contributed by atoms with Crippen molar-refractivity contribution in [1.29, 1.82) is 0 Å². The summed E-state index contributed by atoms with van der Waals surface area (Å²) in [6.07, 6.45) is 1.17. The maximum atomic E-state index is 6.30. The van der Waals surface area contributed by atoms with Crippen molar-refractivity contribution in [3.8, 4) is 0 Å². The Labute approximate surface area is 124 Å². The molecule has 18 heavy (non-hydrogen) atoms. The van der Waals surface area contributed by atoms with Crippen LogP contribution in [0, 0.1) is 5.92 Å². The number of likely N-dealkylation sites (N-methyl/N-ethyl adjacent to an activating group) is 1. The predicted octanol–water partition coefficient (Wildman–Crippen LogP) is 4.08. The van der Waals surface area contributed by atoms with E-state index in [0.717, 1.165) is 21.6 Å². The number of nitrogens with two attached hydrogens (primary N) is 1. The van der Waals surface area contributed by atoms with Gasteiger partial charge >= 0.3 is 0 Å². The molecule has 0 radical (unpaired) electrons. The molecular formula is C14H22BrClN2. The van der Waals surface area contributed by atoms with Gasteiger partial charge in [-0.15, -0.1) is 0 Å². The Kier molecular flexibility index (Phi) is 6.64. The first-order valence-corrected chi connectivity index (χ1v) is 7.48. The van der Waals surface area contributed by atoms with Crippen molar-refractivity contribution in [2.45, 2.75) is 26.3 Å². The second-order valence-corrected chi connectivity index (χ2v) is 6.40. The fraction of sp³-hybridized carbons (Fsp3) is 0.571. The van der Waals surface area contributed by atoms with Crippen LogP contribution in [0.2, 0.25) is 5.02 Å². The van der Waals surface area contributed by atoms with Crippen LogP contribution >= 0.6 is 27.5 Å². The number of halogens is 2. The van der Waals surface area contributed by atoms with Crippen LogP contribution in [-0.2, 0) is 0 Å².